The number of hydrogen-bond donors (Lipinski definition) is 2. The van der Waals surface area contributed by atoms with Gasteiger partial charge in [-0.1, -0.05) is 18.2 Å². The van der Waals surface area contributed by atoms with Crippen molar-refractivity contribution >= 4 is 16.9 Å². The number of hydrogen-bond acceptors (Lipinski definition) is 6. The summed E-state index contributed by atoms with van der Waals surface area (Å²) in [6, 6.07) is 6.62. The Kier molecular flexibility index (Phi) is 6.52. The molecule has 0 saturated carbocycles. The number of aromatic nitrogens is 3. The van der Waals surface area contributed by atoms with E-state index in [0.717, 1.165) is 6.07 Å². The molecule has 1 aliphatic rings. The Hall–Kier alpha value is -3.18. The molecule has 2 N–H and O–H groups in total. The van der Waals surface area contributed by atoms with Gasteiger partial charge in [0.15, 0.2) is 5.65 Å². The lowest BCUT2D eigenvalue weighted by molar-refractivity contribution is -0.138. The summed E-state index contributed by atoms with van der Waals surface area (Å²) in [7, 11) is 3.37. The highest BCUT2D eigenvalue weighted by atomic mass is 19.4. The third kappa shape index (κ3) is 4.93. The summed E-state index contributed by atoms with van der Waals surface area (Å²) >= 11 is 0. The minimum Gasteiger partial charge on any atom is -0.474 e. The minimum absolute atomic E-state index is 0.178. The molecule has 8 nitrogen and oxygen atoms in total. The minimum atomic E-state index is -4.47. The second kappa shape index (κ2) is 9.36. The number of alkyl halides is 3. The van der Waals surface area contributed by atoms with E-state index in [9.17, 15) is 18.0 Å². The van der Waals surface area contributed by atoms with E-state index in [1.807, 2.05) is 11.9 Å². The molecular weight excluding hydrogens is 439 g/mol. The SMILES string of the molecule is COCCOc1n[nH]c2ncc(C(=O)N[C@H]3CN(C)C[C@@H]3c3ccccc3C(F)(F)F)cc12. The molecule has 0 bridgehead atoms. The highest BCUT2D eigenvalue weighted by Gasteiger charge is 2.40. The van der Waals surface area contributed by atoms with Crippen molar-refractivity contribution in [2.24, 2.45) is 0 Å². The molecule has 3 heterocycles. The zero-order valence-corrected chi connectivity index (χ0v) is 18.1. The molecule has 2 aromatic heterocycles. The number of halogens is 3. The number of rotatable bonds is 7. The molecule has 11 heteroatoms. The van der Waals surface area contributed by atoms with Gasteiger partial charge in [0.05, 0.1) is 23.1 Å². The van der Waals surface area contributed by atoms with Crippen molar-refractivity contribution in [3.8, 4) is 5.88 Å². The van der Waals surface area contributed by atoms with Crippen LogP contribution in [-0.4, -0.2) is 72.5 Å². The zero-order chi connectivity index (χ0) is 23.6. The second-order valence-electron chi connectivity index (χ2n) is 7.98. The first kappa shape index (κ1) is 23.0. The molecule has 1 aromatic carbocycles. The van der Waals surface area contributed by atoms with Gasteiger partial charge >= 0.3 is 6.18 Å². The van der Waals surface area contributed by atoms with Crippen molar-refractivity contribution in [3.63, 3.8) is 0 Å². The molecule has 2 atom stereocenters. The van der Waals surface area contributed by atoms with Gasteiger partial charge < -0.3 is 19.7 Å². The maximum atomic E-state index is 13.6. The smallest absolute Gasteiger partial charge is 0.416 e. The third-order valence-electron chi connectivity index (χ3n) is 5.65. The zero-order valence-electron chi connectivity index (χ0n) is 18.1. The number of fused-ring (bicyclic) bond motifs is 1. The first-order valence-electron chi connectivity index (χ1n) is 10.4. The summed E-state index contributed by atoms with van der Waals surface area (Å²) in [6.07, 6.45) is -3.08. The lowest BCUT2D eigenvalue weighted by Crippen LogP contribution is -2.40. The van der Waals surface area contributed by atoms with Crippen LogP contribution in [0.4, 0.5) is 13.2 Å². The molecule has 176 valence electrons. The summed E-state index contributed by atoms with van der Waals surface area (Å²) in [6.45, 7) is 1.48. The molecule has 0 aliphatic carbocycles. The topological polar surface area (TPSA) is 92.4 Å². The third-order valence-corrected chi connectivity index (χ3v) is 5.65. The Bertz CT molecular complexity index is 1130. The molecule has 4 rings (SSSR count). The van der Waals surface area contributed by atoms with Gasteiger partial charge in [0.25, 0.3) is 5.91 Å². The Balaban J connectivity index is 1.56. The Morgan fingerprint density at radius 2 is 2.06 bits per heavy atom. The Morgan fingerprint density at radius 3 is 2.82 bits per heavy atom. The van der Waals surface area contributed by atoms with E-state index in [4.69, 9.17) is 9.47 Å². The Labute approximate surface area is 188 Å². The van der Waals surface area contributed by atoms with Gasteiger partial charge in [0.2, 0.25) is 5.88 Å². The van der Waals surface area contributed by atoms with Crippen molar-refractivity contribution in [1.82, 2.24) is 25.4 Å². The van der Waals surface area contributed by atoms with Gasteiger partial charge in [0.1, 0.15) is 6.61 Å². The fraction of sp³-hybridized carbons (Fsp3) is 0.409. The van der Waals surface area contributed by atoms with Gasteiger partial charge in [-0.25, -0.2) is 4.98 Å². The number of amides is 1. The van der Waals surface area contributed by atoms with Crippen molar-refractivity contribution in [3.05, 3.63) is 53.2 Å². The van der Waals surface area contributed by atoms with E-state index in [0.29, 0.717) is 36.6 Å². The summed E-state index contributed by atoms with van der Waals surface area (Å²) in [5.74, 6) is -0.639. The molecule has 1 fully saturated rings. The van der Waals surface area contributed by atoms with Crippen LogP contribution in [0.25, 0.3) is 11.0 Å². The van der Waals surface area contributed by atoms with Gasteiger partial charge in [0, 0.05) is 38.4 Å². The molecule has 0 radical (unpaired) electrons. The number of carbonyl (C=O) groups is 1. The van der Waals surface area contributed by atoms with Crippen molar-refractivity contribution < 1.29 is 27.4 Å². The predicted molar refractivity (Wildman–Crippen MR) is 114 cm³/mol. The van der Waals surface area contributed by atoms with Crippen LogP contribution in [0, 0.1) is 0 Å². The van der Waals surface area contributed by atoms with E-state index in [1.54, 1.807) is 19.2 Å². The molecule has 0 spiro atoms. The maximum Gasteiger partial charge on any atom is 0.416 e. The maximum absolute atomic E-state index is 13.6. The summed E-state index contributed by atoms with van der Waals surface area (Å²) < 4.78 is 51.3. The quantitative estimate of drug-likeness (QED) is 0.524. The number of H-pyrrole nitrogens is 1. The van der Waals surface area contributed by atoms with E-state index in [1.165, 1.54) is 18.3 Å². The van der Waals surface area contributed by atoms with Crippen molar-refractivity contribution in [2.45, 2.75) is 18.1 Å². The van der Waals surface area contributed by atoms with Crippen LogP contribution in [0.3, 0.4) is 0 Å². The van der Waals surface area contributed by atoms with Crippen LogP contribution in [-0.2, 0) is 10.9 Å². The number of benzene rings is 1. The lowest BCUT2D eigenvalue weighted by Gasteiger charge is -2.23. The standard InChI is InChI=1S/C22H24F3N5O3/c1-30-11-16(14-5-3-4-6-17(14)22(23,24)25)18(12-30)27-20(31)13-9-15-19(26-10-13)28-29-21(15)33-8-7-32-2/h3-6,9-10,16,18H,7-8,11-12H2,1-2H3,(H,27,31)(H,26,28,29)/t16-,18+/m1/s1. The first-order valence-corrected chi connectivity index (χ1v) is 10.4. The lowest BCUT2D eigenvalue weighted by atomic mass is 9.90. The number of pyridine rings is 1. The van der Waals surface area contributed by atoms with Crippen molar-refractivity contribution in [2.75, 3.05) is 40.5 Å². The van der Waals surface area contributed by atoms with Crippen LogP contribution >= 0.6 is 0 Å². The van der Waals surface area contributed by atoms with Gasteiger partial charge in [-0.05, 0) is 24.7 Å². The number of carbonyl (C=O) groups excluding carboxylic acids is 1. The van der Waals surface area contributed by atoms with Crippen LogP contribution in [0.5, 0.6) is 5.88 Å². The second-order valence-corrected chi connectivity index (χ2v) is 7.98. The van der Waals surface area contributed by atoms with Gasteiger partial charge in [-0.3, -0.25) is 9.89 Å². The highest BCUT2D eigenvalue weighted by molar-refractivity contribution is 5.98. The number of ether oxygens (including phenoxy) is 2. The molecule has 1 amide bonds. The molecule has 1 aliphatic heterocycles. The first-order chi connectivity index (χ1) is 15.8. The number of likely N-dealkylation sites (N-methyl/N-ethyl adjacent to an activating group) is 1. The molecule has 3 aromatic rings. The van der Waals surface area contributed by atoms with Crippen molar-refractivity contribution in [1.29, 1.82) is 0 Å². The normalized spacial score (nSPS) is 19.2. The van der Waals surface area contributed by atoms with Crippen LogP contribution < -0.4 is 10.1 Å². The Morgan fingerprint density at radius 1 is 1.27 bits per heavy atom. The molecule has 0 unspecified atom stereocenters. The fourth-order valence-electron chi connectivity index (χ4n) is 4.13. The summed E-state index contributed by atoms with van der Waals surface area (Å²) in [5, 5.41) is 10.2. The number of aromatic amines is 1. The van der Waals surface area contributed by atoms with Crippen LogP contribution in [0.15, 0.2) is 36.5 Å². The number of nitrogens with one attached hydrogen (secondary N) is 2. The monoisotopic (exact) mass is 463 g/mol. The van der Waals surface area contributed by atoms with E-state index >= 15 is 0 Å². The fourth-order valence-corrected chi connectivity index (χ4v) is 4.13. The number of methoxy groups -OCH3 is 1. The van der Waals surface area contributed by atoms with E-state index in [2.05, 4.69) is 20.5 Å². The average Bonchev–Trinajstić information content (AvgIpc) is 3.35. The van der Waals surface area contributed by atoms with Gasteiger partial charge in [-0.2, -0.15) is 13.2 Å². The molecule has 1 saturated heterocycles. The van der Waals surface area contributed by atoms with Crippen LogP contribution in [0.1, 0.15) is 27.4 Å². The summed E-state index contributed by atoms with van der Waals surface area (Å²) in [4.78, 5) is 19.1. The van der Waals surface area contributed by atoms with Gasteiger partial charge in [-0.15, -0.1) is 5.10 Å². The number of likely N-dealkylation sites (tertiary alicyclic amines) is 1. The largest absolute Gasteiger partial charge is 0.474 e. The average molecular weight is 463 g/mol. The summed E-state index contributed by atoms with van der Waals surface area (Å²) in [5.41, 5.74) is 0.218. The number of nitrogens with zero attached hydrogens (tertiary/aromatic N) is 3. The molecule has 33 heavy (non-hydrogen) atoms. The van der Waals surface area contributed by atoms with Crippen LogP contribution in [0.2, 0.25) is 0 Å². The highest BCUT2D eigenvalue weighted by Crippen LogP contribution is 2.38. The molecular formula is C22H24F3N5O3. The predicted octanol–water partition coefficient (Wildman–Crippen LogP) is 2.83. The van der Waals surface area contributed by atoms with E-state index in [-0.39, 0.29) is 17.7 Å². The van der Waals surface area contributed by atoms with E-state index < -0.39 is 29.6 Å².